The molecule has 0 N–H and O–H groups in total. The maximum Gasteiger partial charge on any atom is 0.261 e. The van der Waals surface area contributed by atoms with E-state index in [1.165, 1.54) is 10.9 Å². The molecule has 0 aliphatic carbocycles. The summed E-state index contributed by atoms with van der Waals surface area (Å²) in [5.41, 5.74) is 1.59. The van der Waals surface area contributed by atoms with Gasteiger partial charge >= 0.3 is 0 Å². The fourth-order valence-electron chi connectivity index (χ4n) is 3.58. The number of carbonyl (C=O) groups is 1. The van der Waals surface area contributed by atoms with Crippen LogP contribution in [0.4, 0.5) is 0 Å². The zero-order valence-corrected chi connectivity index (χ0v) is 15.7. The van der Waals surface area contributed by atoms with Crippen LogP contribution >= 0.6 is 15.9 Å². The first kappa shape index (κ1) is 17.0. The summed E-state index contributed by atoms with van der Waals surface area (Å²) < 4.78 is 2.41. The molecular formula is C20H18BrN3O2. The molecule has 0 bridgehead atoms. The van der Waals surface area contributed by atoms with Crippen LogP contribution in [0.5, 0.6) is 0 Å². The van der Waals surface area contributed by atoms with Gasteiger partial charge < -0.3 is 4.90 Å². The highest BCUT2D eigenvalue weighted by atomic mass is 79.9. The van der Waals surface area contributed by atoms with E-state index >= 15 is 0 Å². The summed E-state index contributed by atoms with van der Waals surface area (Å²) in [4.78, 5) is 31.7. The third kappa shape index (κ3) is 3.17. The van der Waals surface area contributed by atoms with Gasteiger partial charge in [-0.2, -0.15) is 0 Å². The molecule has 4 rings (SSSR count). The maximum absolute atomic E-state index is 12.9. The summed E-state index contributed by atoms with van der Waals surface area (Å²) in [5, 5.41) is 0.535. The topological polar surface area (TPSA) is 55.2 Å². The lowest BCUT2D eigenvalue weighted by atomic mass is 10.0. The second-order valence-corrected chi connectivity index (χ2v) is 7.41. The van der Waals surface area contributed by atoms with Gasteiger partial charge in [0.05, 0.1) is 23.3 Å². The summed E-state index contributed by atoms with van der Waals surface area (Å²) in [7, 11) is 0. The molecule has 1 aliphatic rings. The molecular weight excluding hydrogens is 394 g/mol. The van der Waals surface area contributed by atoms with Crippen molar-refractivity contribution in [1.29, 1.82) is 0 Å². The van der Waals surface area contributed by atoms with Gasteiger partial charge in [0.1, 0.15) is 6.54 Å². The van der Waals surface area contributed by atoms with E-state index in [-0.39, 0.29) is 24.1 Å². The van der Waals surface area contributed by atoms with Gasteiger partial charge in [0.15, 0.2) is 0 Å². The molecule has 2 aromatic carbocycles. The fraction of sp³-hybridized carbons (Fsp3) is 0.250. The number of fused-ring (bicyclic) bond motifs is 1. The van der Waals surface area contributed by atoms with Gasteiger partial charge in [0, 0.05) is 11.0 Å². The minimum absolute atomic E-state index is 0.0151. The maximum atomic E-state index is 12.9. The highest BCUT2D eigenvalue weighted by Gasteiger charge is 2.30. The van der Waals surface area contributed by atoms with Crippen LogP contribution in [0.1, 0.15) is 24.4 Å². The zero-order valence-electron chi connectivity index (χ0n) is 14.1. The molecule has 0 spiro atoms. The molecule has 5 nitrogen and oxygen atoms in total. The summed E-state index contributed by atoms with van der Waals surface area (Å²) in [5.74, 6) is -0.0494. The van der Waals surface area contributed by atoms with Crippen molar-refractivity contribution in [3.63, 3.8) is 0 Å². The van der Waals surface area contributed by atoms with Crippen LogP contribution in [0.3, 0.4) is 0 Å². The van der Waals surface area contributed by atoms with Gasteiger partial charge in [-0.3, -0.25) is 14.2 Å². The Balaban J connectivity index is 1.60. The van der Waals surface area contributed by atoms with E-state index in [1.807, 2.05) is 29.2 Å². The lowest BCUT2D eigenvalue weighted by Gasteiger charge is -2.25. The van der Waals surface area contributed by atoms with Crippen LogP contribution in [0, 0.1) is 0 Å². The van der Waals surface area contributed by atoms with Gasteiger partial charge in [0.2, 0.25) is 5.91 Å². The number of amides is 1. The van der Waals surface area contributed by atoms with Crippen LogP contribution in [-0.4, -0.2) is 26.9 Å². The highest BCUT2D eigenvalue weighted by Crippen LogP contribution is 2.33. The van der Waals surface area contributed by atoms with Crippen molar-refractivity contribution in [2.24, 2.45) is 0 Å². The molecule has 2 heterocycles. The number of benzene rings is 2. The molecule has 1 atom stereocenters. The van der Waals surface area contributed by atoms with Crippen molar-refractivity contribution in [3.8, 4) is 0 Å². The molecule has 3 aromatic rings. The molecule has 6 heteroatoms. The Labute approximate surface area is 159 Å². The average molecular weight is 412 g/mol. The number of nitrogens with zero attached hydrogens (tertiary/aromatic N) is 3. The predicted molar refractivity (Wildman–Crippen MR) is 104 cm³/mol. The normalized spacial score (nSPS) is 17.0. The molecule has 1 aliphatic heterocycles. The number of hydrogen-bond donors (Lipinski definition) is 0. The van der Waals surface area contributed by atoms with E-state index in [2.05, 4.69) is 27.0 Å². The molecule has 26 heavy (non-hydrogen) atoms. The molecule has 132 valence electrons. The number of hydrogen-bond acceptors (Lipinski definition) is 3. The lowest BCUT2D eigenvalue weighted by molar-refractivity contribution is -0.132. The standard InChI is InChI=1S/C20H18BrN3O2/c21-15-6-3-5-14(11-15)18-9-4-10-24(18)19(25)12-23-13-22-17-8-2-1-7-16(17)20(23)26/h1-3,5-8,11,13,18H,4,9-10,12H2. The minimum atomic E-state index is -0.179. The number of aromatic nitrogens is 2. The number of likely N-dealkylation sites (tertiary alicyclic amines) is 1. The summed E-state index contributed by atoms with van der Waals surface area (Å²) >= 11 is 3.50. The van der Waals surface area contributed by atoms with Crippen LogP contribution in [0.15, 0.2) is 64.1 Å². The first-order chi connectivity index (χ1) is 12.6. The Hall–Kier alpha value is -2.47. The number of rotatable bonds is 3. The molecule has 0 saturated carbocycles. The second kappa shape index (κ2) is 7.03. The Morgan fingerprint density at radius 2 is 2.04 bits per heavy atom. The van der Waals surface area contributed by atoms with Gasteiger partial charge in [0.25, 0.3) is 5.56 Å². The van der Waals surface area contributed by atoms with Gasteiger partial charge in [-0.05, 0) is 42.7 Å². The van der Waals surface area contributed by atoms with Gasteiger partial charge in [-0.25, -0.2) is 4.98 Å². The highest BCUT2D eigenvalue weighted by molar-refractivity contribution is 9.10. The van der Waals surface area contributed by atoms with Crippen molar-refractivity contribution in [2.45, 2.75) is 25.4 Å². The second-order valence-electron chi connectivity index (χ2n) is 6.49. The third-order valence-electron chi connectivity index (χ3n) is 4.84. The van der Waals surface area contributed by atoms with Gasteiger partial charge in [-0.15, -0.1) is 0 Å². The number of para-hydroxylation sites is 1. The fourth-order valence-corrected chi connectivity index (χ4v) is 4.00. The number of halogens is 1. The summed E-state index contributed by atoms with van der Waals surface area (Å²) in [6.07, 6.45) is 3.37. The summed E-state index contributed by atoms with van der Waals surface area (Å²) in [6.45, 7) is 0.729. The predicted octanol–water partition coefficient (Wildman–Crippen LogP) is 3.52. The van der Waals surface area contributed by atoms with Crippen LogP contribution in [0.2, 0.25) is 0 Å². The SMILES string of the molecule is O=C(Cn1cnc2ccccc2c1=O)N1CCCC1c1cccc(Br)c1. The largest absolute Gasteiger partial charge is 0.334 e. The third-order valence-corrected chi connectivity index (χ3v) is 5.34. The summed E-state index contributed by atoms with van der Waals surface area (Å²) in [6, 6.07) is 15.3. The van der Waals surface area contributed by atoms with Crippen molar-refractivity contribution in [3.05, 3.63) is 75.2 Å². The Morgan fingerprint density at radius 1 is 1.19 bits per heavy atom. The first-order valence-corrected chi connectivity index (χ1v) is 9.42. The first-order valence-electron chi connectivity index (χ1n) is 8.62. The van der Waals surface area contributed by atoms with Crippen molar-refractivity contribution < 1.29 is 4.79 Å². The van der Waals surface area contributed by atoms with E-state index in [1.54, 1.807) is 18.2 Å². The van der Waals surface area contributed by atoms with E-state index in [0.717, 1.165) is 22.9 Å². The minimum Gasteiger partial charge on any atom is -0.334 e. The van der Waals surface area contributed by atoms with Crippen LogP contribution in [-0.2, 0) is 11.3 Å². The molecule has 1 fully saturated rings. The quantitative estimate of drug-likeness (QED) is 0.662. The monoisotopic (exact) mass is 411 g/mol. The Bertz CT molecular complexity index is 1030. The Morgan fingerprint density at radius 3 is 2.88 bits per heavy atom. The van der Waals surface area contributed by atoms with E-state index in [4.69, 9.17) is 0 Å². The Kier molecular flexibility index (Phi) is 4.59. The molecule has 1 saturated heterocycles. The van der Waals surface area contributed by atoms with E-state index < -0.39 is 0 Å². The van der Waals surface area contributed by atoms with Crippen molar-refractivity contribution in [2.75, 3.05) is 6.54 Å². The molecule has 1 aromatic heterocycles. The van der Waals surface area contributed by atoms with Crippen LogP contribution in [0.25, 0.3) is 10.9 Å². The van der Waals surface area contributed by atoms with Gasteiger partial charge in [-0.1, -0.05) is 40.2 Å². The zero-order chi connectivity index (χ0) is 18.1. The van der Waals surface area contributed by atoms with E-state index in [9.17, 15) is 9.59 Å². The average Bonchev–Trinajstić information content (AvgIpc) is 3.14. The van der Waals surface area contributed by atoms with Crippen molar-refractivity contribution >= 4 is 32.7 Å². The van der Waals surface area contributed by atoms with E-state index in [0.29, 0.717) is 17.4 Å². The molecule has 0 radical (unpaired) electrons. The smallest absolute Gasteiger partial charge is 0.261 e. The molecule has 1 unspecified atom stereocenters. The molecule has 1 amide bonds. The van der Waals surface area contributed by atoms with Crippen LogP contribution < -0.4 is 5.56 Å². The van der Waals surface area contributed by atoms with Crippen molar-refractivity contribution in [1.82, 2.24) is 14.5 Å². The number of carbonyl (C=O) groups excluding carboxylic acids is 1. The lowest BCUT2D eigenvalue weighted by Crippen LogP contribution is -2.36.